The quantitative estimate of drug-likeness (QED) is 0.626. The second-order valence-electron chi connectivity index (χ2n) is 9.02. The van der Waals surface area contributed by atoms with Crippen molar-refractivity contribution in [2.75, 3.05) is 36.5 Å². The van der Waals surface area contributed by atoms with Crippen molar-refractivity contribution < 1.29 is 9.53 Å². The summed E-state index contributed by atoms with van der Waals surface area (Å²) in [4.78, 5) is 28.1. The number of aromatic nitrogens is 3. The molecular formula is C23H33N7O2. The Morgan fingerprint density at radius 1 is 1.22 bits per heavy atom. The maximum atomic E-state index is 12.1. The number of ether oxygens (including phenoxy) is 1. The highest BCUT2D eigenvalue weighted by molar-refractivity contribution is 5.98. The third-order valence-corrected chi connectivity index (χ3v) is 6.14. The highest BCUT2D eigenvalue weighted by Crippen LogP contribution is 2.31. The Bertz CT molecular complexity index is 959. The Labute approximate surface area is 189 Å². The third-order valence-electron chi connectivity index (χ3n) is 6.14. The number of amides is 1. The molecule has 5 N–H and O–H groups in total. The Balaban J connectivity index is 1.67. The molecule has 2 fully saturated rings. The molecule has 4 rings (SSSR count). The minimum absolute atomic E-state index is 0.0930. The van der Waals surface area contributed by atoms with Crippen LogP contribution in [-0.2, 0) is 4.74 Å². The van der Waals surface area contributed by atoms with Gasteiger partial charge in [-0.05, 0) is 43.7 Å². The van der Waals surface area contributed by atoms with Crippen molar-refractivity contribution in [2.45, 2.75) is 57.4 Å². The Morgan fingerprint density at radius 3 is 2.69 bits per heavy atom. The molecule has 0 bridgehead atoms. The molecule has 2 aromatic rings. The van der Waals surface area contributed by atoms with Crippen LogP contribution in [0.15, 0.2) is 18.3 Å². The molecule has 1 unspecified atom stereocenters. The predicted octanol–water partition coefficient (Wildman–Crippen LogP) is 2.66. The average Bonchev–Trinajstić information content (AvgIpc) is 2.79. The molecule has 4 heterocycles. The van der Waals surface area contributed by atoms with Gasteiger partial charge >= 0.3 is 0 Å². The smallest absolute Gasteiger partial charge is 0.254 e. The van der Waals surface area contributed by atoms with Gasteiger partial charge in [0.2, 0.25) is 5.95 Å². The van der Waals surface area contributed by atoms with Crippen molar-refractivity contribution in [3.8, 4) is 0 Å². The third kappa shape index (κ3) is 5.16. The van der Waals surface area contributed by atoms with E-state index in [1.165, 1.54) is 6.20 Å². The molecule has 0 aromatic carbocycles. The first-order valence-corrected chi connectivity index (χ1v) is 11.4. The molecule has 0 spiro atoms. The number of hydrogen-bond acceptors (Lipinski definition) is 8. The average molecular weight is 440 g/mol. The van der Waals surface area contributed by atoms with Crippen LogP contribution in [0.4, 0.5) is 17.5 Å². The van der Waals surface area contributed by atoms with Crippen LogP contribution in [0, 0.1) is 0 Å². The summed E-state index contributed by atoms with van der Waals surface area (Å²) in [5.74, 6) is 1.00. The summed E-state index contributed by atoms with van der Waals surface area (Å²) in [6.45, 7) is 7.27. The molecule has 2 aliphatic rings. The van der Waals surface area contributed by atoms with E-state index >= 15 is 0 Å². The first-order chi connectivity index (χ1) is 15.4. The first kappa shape index (κ1) is 22.4. The number of nitrogens with one attached hydrogen (secondary N) is 1. The van der Waals surface area contributed by atoms with Gasteiger partial charge in [0, 0.05) is 61.5 Å². The lowest BCUT2D eigenvalue weighted by atomic mass is 9.94. The van der Waals surface area contributed by atoms with Crippen molar-refractivity contribution in [2.24, 2.45) is 11.5 Å². The standard InChI is InChI=1S/C23H33N7O2/c1-14(2)19-10-17(11-20(28-19)15-5-8-32-9-6-15)27-22-18(21(25)31)12-26-23(29-22)30-7-3-4-16(24)13-30/h10-12,14-16H,3-9,13,24H2,1-2H3,(H2,25,31)(H,26,27,28,29). The lowest BCUT2D eigenvalue weighted by molar-refractivity contribution is 0.0844. The summed E-state index contributed by atoms with van der Waals surface area (Å²) in [7, 11) is 0. The van der Waals surface area contributed by atoms with Gasteiger partial charge in [0.1, 0.15) is 11.4 Å². The summed E-state index contributed by atoms with van der Waals surface area (Å²) in [5, 5.41) is 3.34. The van der Waals surface area contributed by atoms with E-state index in [0.717, 1.165) is 62.5 Å². The van der Waals surface area contributed by atoms with Gasteiger partial charge in [0.15, 0.2) is 0 Å². The number of carbonyl (C=O) groups is 1. The van der Waals surface area contributed by atoms with Crippen LogP contribution in [0.5, 0.6) is 0 Å². The van der Waals surface area contributed by atoms with Crippen LogP contribution < -0.4 is 21.7 Å². The molecule has 172 valence electrons. The molecule has 1 amide bonds. The molecule has 32 heavy (non-hydrogen) atoms. The highest BCUT2D eigenvalue weighted by atomic mass is 16.5. The first-order valence-electron chi connectivity index (χ1n) is 11.4. The highest BCUT2D eigenvalue weighted by Gasteiger charge is 2.23. The fourth-order valence-electron chi connectivity index (χ4n) is 4.27. The number of nitrogens with zero attached hydrogens (tertiary/aromatic N) is 4. The van der Waals surface area contributed by atoms with Crippen LogP contribution in [0.1, 0.15) is 73.1 Å². The monoisotopic (exact) mass is 439 g/mol. The zero-order chi connectivity index (χ0) is 22.7. The molecule has 2 aromatic heterocycles. The van der Waals surface area contributed by atoms with Gasteiger partial charge in [0.25, 0.3) is 5.91 Å². The molecule has 9 heteroatoms. The van der Waals surface area contributed by atoms with E-state index in [0.29, 0.717) is 24.2 Å². The van der Waals surface area contributed by atoms with E-state index in [9.17, 15) is 4.79 Å². The largest absolute Gasteiger partial charge is 0.381 e. The van der Waals surface area contributed by atoms with Crippen molar-refractivity contribution >= 4 is 23.4 Å². The van der Waals surface area contributed by atoms with Crippen LogP contribution in [-0.4, -0.2) is 53.2 Å². The topological polar surface area (TPSA) is 132 Å². The molecule has 0 radical (unpaired) electrons. The number of piperidine rings is 1. The minimum Gasteiger partial charge on any atom is -0.381 e. The normalized spacial score (nSPS) is 19.9. The fraction of sp³-hybridized carbons (Fsp3) is 0.565. The number of anilines is 3. The molecule has 1 atom stereocenters. The second kappa shape index (κ2) is 9.79. The Morgan fingerprint density at radius 2 is 2.00 bits per heavy atom. The number of hydrogen-bond donors (Lipinski definition) is 3. The van der Waals surface area contributed by atoms with Gasteiger partial charge in [0.05, 0.1) is 0 Å². The van der Waals surface area contributed by atoms with Crippen molar-refractivity contribution in [3.63, 3.8) is 0 Å². The van der Waals surface area contributed by atoms with Gasteiger partial charge in [-0.3, -0.25) is 9.78 Å². The van der Waals surface area contributed by atoms with Crippen molar-refractivity contribution in [3.05, 3.63) is 35.3 Å². The number of nitrogens with two attached hydrogens (primary N) is 2. The Kier molecular flexibility index (Phi) is 6.86. The van der Waals surface area contributed by atoms with E-state index in [4.69, 9.17) is 21.2 Å². The maximum Gasteiger partial charge on any atom is 0.254 e. The van der Waals surface area contributed by atoms with Crippen LogP contribution in [0.25, 0.3) is 0 Å². The van der Waals surface area contributed by atoms with E-state index in [1.807, 2.05) is 12.1 Å². The van der Waals surface area contributed by atoms with Crippen molar-refractivity contribution in [1.82, 2.24) is 15.0 Å². The van der Waals surface area contributed by atoms with Gasteiger partial charge in [-0.2, -0.15) is 4.98 Å². The zero-order valence-electron chi connectivity index (χ0n) is 18.9. The molecule has 2 aliphatic heterocycles. The van der Waals surface area contributed by atoms with Crippen molar-refractivity contribution in [1.29, 1.82) is 0 Å². The van der Waals surface area contributed by atoms with E-state index < -0.39 is 5.91 Å². The molecular weight excluding hydrogens is 406 g/mol. The number of rotatable bonds is 6. The molecule has 2 saturated heterocycles. The van der Waals surface area contributed by atoms with Gasteiger partial charge in [-0.25, -0.2) is 4.98 Å². The molecule has 0 saturated carbocycles. The molecule has 0 aliphatic carbocycles. The van der Waals surface area contributed by atoms with E-state index in [-0.39, 0.29) is 17.5 Å². The lowest BCUT2D eigenvalue weighted by Gasteiger charge is -2.31. The van der Waals surface area contributed by atoms with E-state index in [2.05, 4.69) is 34.0 Å². The summed E-state index contributed by atoms with van der Waals surface area (Å²) < 4.78 is 5.52. The maximum absolute atomic E-state index is 12.1. The Hall–Kier alpha value is -2.78. The van der Waals surface area contributed by atoms with Crippen LogP contribution >= 0.6 is 0 Å². The van der Waals surface area contributed by atoms with Crippen LogP contribution in [0.2, 0.25) is 0 Å². The number of pyridine rings is 1. The number of primary amides is 1. The van der Waals surface area contributed by atoms with Gasteiger partial charge in [-0.1, -0.05) is 13.8 Å². The van der Waals surface area contributed by atoms with E-state index in [1.54, 1.807) is 0 Å². The zero-order valence-corrected chi connectivity index (χ0v) is 18.9. The summed E-state index contributed by atoms with van der Waals surface area (Å²) >= 11 is 0. The molecule has 9 nitrogen and oxygen atoms in total. The minimum atomic E-state index is -0.572. The summed E-state index contributed by atoms with van der Waals surface area (Å²) in [6, 6.07) is 4.15. The fourth-order valence-corrected chi connectivity index (χ4v) is 4.27. The summed E-state index contributed by atoms with van der Waals surface area (Å²) in [5.41, 5.74) is 14.9. The lowest BCUT2D eigenvalue weighted by Crippen LogP contribution is -2.43. The summed E-state index contributed by atoms with van der Waals surface area (Å²) in [6.07, 6.45) is 5.38. The van der Waals surface area contributed by atoms with Gasteiger partial charge in [-0.15, -0.1) is 0 Å². The second-order valence-corrected chi connectivity index (χ2v) is 9.02. The van der Waals surface area contributed by atoms with Gasteiger partial charge < -0.3 is 26.4 Å². The van der Waals surface area contributed by atoms with Crippen LogP contribution in [0.3, 0.4) is 0 Å². The SMILES string of the molecule is CC(C)c1cc(Nc2nc(N3CCCC(N)C3)ncc2C(N)=O)cc(C2CCOCC2)n1. The predicted molar refractivity (Wildman–Crippen MR) is 124 cm³/mol. The number of carbonyl (C=O) groups excluding carboxylic acids is 1.